The van der Waals surface area contributed by atoms with Crippen LogP contribution in [-0.2, 0) is 25.5 Å². The normalized spacial score (nSPS) is 16.2. The first kappa shape index (κ1) is 28.5. The van der Waals surface area contributed by atoms with E-state index in [1.807, 2.05) is 6.92 Å². The topological polar surface area (TPSA) is 125 Å². The number of methoxy groups -OCH3 is 1. The Morgan fingerprint density at radius 2 is 1.85 bits per heavy atom. The monoisotopic (exact) mass is 574 g/mol. The molecule has 12 heteroatoms. The minimum absolute atomic E-state index is 0.0129. The van der Waals surface area contributed by atoms with E-state index in [1.54, 1.807) is 30.3 Å². The van der Waals surface area contributed by atoms with Gasteiger partial charge in [-0.2, -0.15) is 8.42 Å². The van der Waals surface area contributed by atoms with Crippen LogP contribution in [0, 0.1) is 17.0 Å². The number of hydrogen-bond donors (Lipinski definition) is 0. The van der Waals surface area contributed by atoms with E-state index in [4.69, 9.17) is 25.3 Å². The first-order chi connectivity index (χ1) is 18.5. The molecule has 0 aliphatic carbocycles. The number of nitro benzene ring substituents is 1. The zero-order chi connectivity index (χ0) is 28.3. The van der Waals surface area contributed by atoms with Crippen molar-refractivity contribution in [3.8, 4) is 5.75 Å². The molecule has 3 aromatic carbocycles. The second-order valence-electron chi connectivity index (χ2n) is 9.00. The van der Waals surface area contributed by atoms with E-state index in [2.05, 4.69) is 0 Å². The van der Waals surface area contributed by atoms with Crippen LogP contribution in [0.4, 0.5) is 11.4 Å². The van der Waals surface area contributed by atoms with E-state index in [0.29, 0.717) is 30.0 Å². The predicted octanol–water partition coefficient (Wildman–Crippen LogP) is 5.64. The summed E-state index contributed by atoms with van der Waals surface area (Å²) in [5, 5.41) is 11.8. The van der Waals surface area contributed by atoms with Crippen LogP contribution in [0.15, 0.2) is 65.6 Å². The van der Waals surface area contributed by atoms with Crippen molar-refractivity contribution in [2.45, 2.75) is 50.5 Å². The highest BCUT2D eigenvalue weighted by Crippen LogP contribution is 2.36. The molecule has 0 N–H and O–H groups in total. The zero-order valence-electron chi connectivity index (χ0n) is 21.5. The van der Waals surface area contributed by atoms with Gasteiger partial charge in [0.2, 0.25) is 0 Å². The van der Waals surface area contributed by atoms with Crippen LogP contribution in [0.25, 0.3) is 0 Å². The molecule has 0 spiro atoms. The SMILES string of the molecule is COc1cc([N+](=O)[O-])ccc1C(=O)N1c2ccc(Cl)cc2CCCC1OC(C)OS(=O)(=O)c1ccc(C)cc1. The van der Waals surface area contributed by atoms with Crippen LogP contribution in [-0.4, -0.2) is 38.9 Å². The van der Waals surface area contributed by atoms with Crippen LogP contribution >= 0.6 is 11.6 Å². The van der Waals surface area contributed by atoms with Crippen LogP contribution in [0.3, 0.4) is 0 Å². The molecular formula is C27H27ClN2O8S. The molecule has 0 saturated carbocycles. The molecule has 0 saturated heterocycles. The molecule has 3 aromatic rings. The van der Waals surface area contributed by atoms with Gasteiger partial charge in [-0.3, -0.25) is 19.8 Å². The van der Waals surface area contributed by atoms with Gasteiger partial charge in [-0.15, -0.1) is 0 Å². The molecule has 0 bridgehead atoms. The summed E-state index contributed by atoms with van der Waals surface area (Å²) in [5.41, 5.74) is 2.04. The van der Waals surface area contributed by atoms with Gasteiger partial charge in [0.15, 0.2) is 6.29 Å². The van der Waals surface area contributed by atoms with Crippen molar-refractivity contribution in [1.82, 2.24) is 0 Å². The summed E-state index contributed by atoms with van der Waals surface area (Å²) in [4.78, 5) is 26.0. The number of fused-ring (bicyclic) bond motifs is 1. The number of hydrogen-bond acceptors (Lipinski definition) is 8. The van der Waals surface area contributed by atoms with Crippen molar-refractivity contribution in [3.63, 3.8) is 0 Å². The van der Waals surface area contributed by atoms with Crippen LogP contribution in [0.2, 0.25) is 5.02 Å². The lowest BCUT2D eigenvalue weighted by atomic mass is 10.1. The highest BCUT2D eigenvalue weighted by Gasteiger charge is 2.35. The average molecular weight is 575 g/mol. The summed E-state index contributed by atoms with van der Waals surface area (Å²) in [6.45, 7) is 3.28. The second kappa shape index (κ2) is 11.7. The number of nitrogens with zero attached hydrogens (tertiary/aromatic N) is 2. The molecule has 4 rings (SSSR count). The smallest absolute Gasteiger partial charge is 0.299 e. The maximum absolute atomic E-state index is 14.0. The van der Waals surface area contributed by atoms with Gasteiger partial charge < -0.3 is 9.47 Å². The number of non-ortho nitro benzene ring substituents is 1. The van der Waals surface area contributed by atoms with Crippen LogP contribution in [0.5, 0.6) is 5.75 Å². The maximum atomic E-state index is 14.0. The number of benzene rings is 3. The van der Waals surface area contributed by atoms with E-state index in [-0.39, 0.29) is 21.9 Å². The van der Waals surface area contributed by atoms with Gasteiger partial charge in [0.05, 0.1) is 28.6 Å². The number of nitro groups is 1. The quantitative estimate of drug-likeness (QED) is 0.146. The first-order valence-electron chi connectivity index (χ1n) is 12.1. The minimum atomic E-state index is -4.15. The number of carbonyl (C=O) groups excluding carboxylic acids is 1. The Balaban J connectivity index is 1.69. The fourth-order valence-corrected chi connectivity index (χ4v) is 5.57. The highest BCUT2D eigenvalue weighted by atomic mass is 35.5. The number of aryl methyl sites for hydroxylation is 2. The van der Waals surface area contributed by atoms with Gasteiger partial charge in [-0.25, -0.2) is 4.18 Å². The third-order valence-electron chi connectivity index (χ3n) is 6.25. The minimum Gasteiger partial charge on any atom is -0.496 e. The Labute approximate surface area is 231 Å². The van der Waals surface area contributed by atoms with Gasteiger partial charge in [-0.1, -0.05) is 29.3 Å². The summed E-state index contributed by atoms with van der Waals surface area (Å²) in [7, 11) is -2.83. The van der Waals surface area contributed by atoms with Crippen molar-refractivity contribution < 1.29 is 31.8 Å². The number of carbonyl (C=O) groups is 1. The highest BCUT2D eigenvalue weighted by molar-refractivity contribution is 7.86. The lowest BCUT2D eigenvalue weighted by Crippen LogP contribution is -2.44. The van der Waals surface area contributed by atoms with Crippen molar-refractivity contribution in [1.29, 1.82) is 0 Å². The lowest BCUT2D eigenvalue weighted by Gasteiger charge is -2.33. The number of halogens is 1. The summed E-state index contributed by atoms with van der Waals surface area (Å²) >= 11 is 6.23. The van der Waals surface area contributed by atoms with E-state index >= 15 is 0 Å². The Morgan fingerprint density at radius 3 is 2.51 bits per heavy atom. The predicted molar refractivity (Wildman–Crippen MR) is 145 cm³/mol. The van der Waals surface area contributed by atoms with Gasteiger partial charge in [-0.05, 0) is 75.1 Å². The number of rotatable bonds is 8. The molecule has 0 fully saturated rings. The third kappa shape index (κ3) is 6.39. The fraction of sp³-hybridized carbons (Fsp3) is 0.296. The molecule has 1 aliphatic heterocycles. The molecular weight excluding hydrogens is 548 g/mol. The average Bonchev–Trinajstić information content (AvgIpc) is 3.06. The fourth-order valence-electron chi connectivity index (χ4n) is 4.39. The summed E-state index contributed by atoms with van der Waals surface area (Å²) < 4.78 is 42.4. The molecule has 39 heavy (non-hydrogen) atoms. The summed E-state index contributed by atoms with van der Waals surface area (Å²) in [6, 6.07) is 15.0. The van der Waals surface area contributed by atoms with Gasteiger partial charge in [0.25, 0.3) is 21.7 Å². The largest absolute Gasteiger partial charge is 0.496 e. The zero-order valence-corrected chi connectivity index (χ0v) is 23.1. The second-order valence-corrected chi connectivity index (χ2v) is 11.0. The Bertz CT molecular complexity index is 1490. The number of anilines is 1. The van der Waals surface area contributed by atoms with Gasteiger partial charge in [0.1, 0.15) is 12.0 Å². The van der Waals surface area contributed by atoms with E-state index in [1.165, 1.54) is 49.3 Å². The number of ether oxygens (including phenoxy) is 2. The summed E-state index contributed by atoms with van der Waals surface area (Å²) in [5.74, 6) is -0.537. The van der Waals surface area contributed by atoms with E-state index in [9.17, 15) is 23.3 Å². The van der Waals surface area contributed by atoms with Crippen molar-refractivity contribution in [2.24, 2.45) is 0 Å². The van der Waals surface area contributed by atoms with Crippen molar-refractivity contribution in [2.75, 3.05) is 12.0 Å². The lowest BCUT2D eigenvalue weighted by molar-refractivity contribution is -0.384. The Kier molecular flexibility index (Phi) is 8.55. The van der Waals surface area contributed by atoms with Gasteiger partial charge >= 0.3 is 0 Å². The first-order valence-corrected chi connectivity index (χ1v) is 13.9. The Hall–Kier alpha value is -3.51. The molecule has 2 atom stereocenters. The number of amides is 1. The molecule has 2 unspecified atom stereocenters. The molecule has 10 nitrogen and oxygen atoms in total. The maximum Gasteiger partial charge on any atom is 0.299 e. The van der Waals surface area contributed by atoms with Crippen LogP contribution < -0.4 is 9.64 Å². The van der Waals surface area contributed by atoms with E-state index < -0.39 is 33.5 Å². The Morgan fingerprint density at radius 1 is 1.13 bits per heavy atom. The van der Waals surface area contributed by atoms with Crippen molar-refractivity contribution >= 4 is 39.0 Å². The molecule has 1 heterocycles. The molecule has 0 radical (unpaired) electrons. The molecule has 206 valence electrons. The standard InChI is InChI=1S/C27H27ClN2O8S/c1-17-7-11-22(12-8-17)39(34,35)38-18(2)37-26-6-4-5-19-15-20(28)9-14-24(19)29(26)27(31)23-13-10-21(30(32)33)16-25(23)36-3/h7-16,18,26H,4-6H2,1-3H3. The molecule has 1 aliphatic rings. The summed E-state index contributed by atoms with van der Waals surface area (Å²) in [6.07, 6.45) is -0.622. The van der Waals surface area contributed by atoms with E-state index in [0.717, 1.165) is 11.1 Å². The third-order valence-corrected chi connectivity index (χ3v) is 7.86. The molecule has 1 amide bonds. The van der Waals surface area contributed by atoms with Crippen LogP contribution in [0.1, 0.15) is 41.3 Å². The van der Waals surface area contributed by atoms with Crippen molar-refractivity contribution in [3.05, 3.63) is 92.5 Å². The molecule has 0 aromatic heterocycles. The van der Waals surface area contributed by atoms with Gasteiger partial charge in [0, 0.05) is 16.8 Å².